The fraction of sp³-hybridized carbons (Fsp3) is 0.333. The minimum atomic E-state index is -4.27. The Kier molecular flexibility index (Phi) is 13.7. The molecule has 5 rings (SSSR count). The van der Waals surface area contributed by atoms with Crippen LogP contribution >= 0.6 is 35.0 Å². The average molecular weight is 769 g/mol. The van der Waals surface area contributed by atoms with Gasteiger partial charge in [-0.25, -0.2) is 8.42 Å². The minimum absolute atomic E-state index is 0.0182. The summed E-state index contributed by atoms with van der Waals surface area (Å²) in [6, 6.07) is 26.6. The molecule has 1 aliphatic carbocycles. The summed E-state index contributed by atoms with van der Waals surface area (Å²) in [5.41, 5.74) is 1.57. The second kappa shape index (κ2) is 18.2. The molecule has 1 N–H and O–H groups in total. The van der Waals surface area contributed by atoms with Crippen molar-refractivity contribution in [2.75, 3.05) is 23.7 Å². The van der Waals surface area contributed by atoms with E-state index < -0.39 is 28.5 Å². The summed E-state index contributed by atoms with van der Waals surface area (Å²) >= 11 is 14.8. The summed E-state index contributed by atoms with van der Waals surface area (Å²) in [7, 11) is -4.27. The van der Waals surface area contributed by atoms with E-state index >= 15 is 0 Å². The lowest BCUT2D eigenvalue weighted by molar-refractivity contribution is -0.140. The van der Waals surface area contributed by atoms with E-state index in [1.807, 2.05) is 43.5 Å². The monoisotopic (exact) mass is 767 g/mol. The number of hydrogen-bond donors (Lipinski definition) is 1. The molecule has 0 unspecified atom stereocenters. The number of benzene rings is 4. The van der Waals surface area contributed by atoms with Crippen molar-refractivity contribution < 1.29 is 22.7 Å². The van der Waals surface area contributed by atoms with Gasteiger partial charge in [-0.3, -0.25) is 13.9 Å². The molecule has 1 saturated carbocycles. The number of amides is 2. The van der Waals surface area contributed by atoms with Crippen LogP contribution in [0.25, 0.3) is 0 Å². The SMILES string of the molecule is CCOc1ccc(N(CC(=O)N(Cc2c(Cl)cccc2Cl)[C@@H](Cc2ccccc2)C(=O)NC2CCCCC2)S(=O)(=O)c2ccc(SC)cc2)cc1. The predicted octanol–water partition coefficient (Wildman–Crippen LogP) is 8.40. The van der Waals surface area contributed by atoms with E-state index in [2.05, 4.69) is 5.32 Å². The highest BCUT2D eigenvalue weighted by atomic mass is 35.5. The highest BCUT2D eigenvalue weighted by Gasteiger charge is 2.36. The van der Waals surface area contributed by atoms with Crippen LogP contribution in [-0.2, 0) is 32.6 Å². The summed E-state index contributed by atoms with van der Waals surface area (Å²) in [5, 5.41) is 3.87. The number of carbonyl (C=O) groups excluding carboxylic acids is 2. The van der Waals surface area contributed by atoms with Crippen LogP contribution in [0.5, 0.6) is 5.75 Å². The van der Waals surface area contributed by atoms with Gasteiger partial charge in [0.15, 0.2) is 0 Å². The van der Waals surface area contributed by atoms with Gasteiger partial charge in [0.05, 0.1) is 17.2 Å². The molecule has 4 aromatic carbocycles. The molecule has 4 aromatic rings. The quantitative estimate of drug-likeness (QED) is 0.122. The minimum Gasteiger partial charge on any atom is -0.494 e. The van der Waals surface area contributed by atoms with Crippen LogP contribution in [0.1, 0.15) is 50.2 Å². The number of carbonyl (C=O) groups is 2. The molecular weight excluding hydrogens is 725 g/mol. The summed E-state index contributed by atoms with van der Waals surface area (Å²) in [4.78, 5) is 31.5. The van der Waals surface area contributed by atoms with Crippen LogP contribution < -0.4 is 14.4 Å². The van der Waals surface area contributed by atoms with Gasteiger partial charge in [-0.15, -0.1) is 11.8 Å². The van der Waals surface area contributed by atoms with Crippen molar-refractivity contribution in [1.82, 2.24) is 10.2 Å². The molecule has 0 spiro atoms. The lowest BCUT2D eigenvalue weighted by atomic mass is 9.94. The van der Waals surface area contributed by atoms with Gasteiger partial charge >= 0.3 is 0 Å². The number of anilines is 1. The Bertz CT molecular complexity index is 1850. The Balaban J connectivity index is 1.59. The van der Waals surface area contributed by atoms with Gasteiger partial charge in [0.25, 0.3) is 10.0 Å². The Morgan fingerprint density at radius 3 is 2.14 bits per heavy atom. The molecule has 12 heteroatoms. The van der Waals surface area contributed by atoms with Gasteiger partial charge in [0.2, 0.25) is 11.8 Å². The molecule has 8 nitrogen and oxygen atoms in total. The maximum Gasteiger partial charge on any atom is 0.264 e. The fourth-order valence-electron chi connectivity index (χ4n) is 6.23. The van der Waals surface area contributed by atoms with E-state index in [1.54, 1.807) is 54.6 Å². The van der Waals surface area contributed by atoms with E-state index in [1.165, 1.54) is 28.8 Å². The molecule has 0 bridgehead atoms. The number of thioether (sulfide) groups is 1. The molecule has 1 fully saturated rings. The molecule has 0 radical (unpaired) electrons. The first-order chi connectivity index (χ1) is 24.6. The number of rotatable bonds is 15. The van der Waals surface area contributed by atoms with Crippen molar-refractivity contribution in [3.05, 3.63) is 118 Å². The second-order valence-electron chi connectivity index (χ2n) is 12.4. The van der Waals surface area contributed by atoms with Crippen LogP contribution in [0.2, 0.25) is 10.0 Å². The summed E-state index contributed by atoms with van der Waals surface area (Å²) in [6.07, 6.45) is 6.95. The first kappa shape index (κ1) is 38.5. The lowest BCUT2D eigenvalue weighted by Crippen LogP contribution is -2.55. The van der Waals surface area contributed by atoms with E-state index in [-0.39, 0.29) is 35.5 Å². The van der Waals surface area contributed by atoms with Crippen molar-refractivity contribution >= 4 is 62.5 Å². The first-order valence-electron chi connectivity index (χ1n) is 17.1. The number of hydrogen-bond acceptors (Lipinski definition) is 6. The molecule has 1 aliphatic rings. The topological polar surface area (TPSA) is 96.0 Å². The van der Waals surface area contributed by atoms with Gasteiger partial charge in [0, 0.05) is 39.5 Å². The Morgan fingerprint density at radius 1 is 0.882 bits per heavy atom. The van der Waals surface area contributed by atoms with Gasteiger partial charge in [-0.1, -0.05) is 78.9 Å². The van der Waals surface area contributed by atoms with Crippen LogP contribution in [0, 0.1) is 0 Å². The van der Waals surface area contributed by atoms with E-state index in [4.69, 9.17) is 27.9 Å². The average Bonchev–Trinajstić information content (AvgIpc) is 3.14. The van der Waals surface area contributed by atoms with Crippen molar-refractivity contribution in [2.45, 2.75) is 73.9 Å². The van der Waals surface area contributed by atoms with Crippen molar-refractivity contribution in [2.24, 2.45) is 0 Å². The third-order valence-electron chi connectivity index (χ3n) is 8.97. The van der Waals surface area contributed by atoms with E-state index in [0.29, 0.717) is 28.0 Å². The normalized spacial score (nSPS) is 14.0. The fourth-order valence-corrected chi connectivity index (χ4v) is 8.57. The van der Waals surface area contributed by atoms with Crippen LogP contribution in [0.15, 0.2) is 107 Å². The largest absolute Gasteiger partial charge is 0.494 e. The maximum absolute atomic E-state index is 14.9. The standard InChI is InChI=1S/C39H43Cl2N3O5S2/c1-3-49-31-19-17-30(18-20-31)44(51(47,48)33-23-21-32(50-2)22-24-33)27-38(45)43(26-34-35(40)15-10-16-36(34)41)37(25-28-11-6-4-7-12-28)39(46)42-29-13-8-5-9-14-29/h4,6-7,10-12,15-24,29,37H,3,5,8-9,13-14,25-27H2,1-2H3,(H,42,46)/t37-/m0/s1. The number of halogens is 2. The third kappa shape index (κ3) is 10.0. The molecule has 51 heavy (non-hydrogen) atoms. The smallest absolute Gasteiger partial charge is 0.264 e. The van der Waals surface area contributed by atoms with E-state index in [0.717, 1.165) is 46.9 Å². The Morgan fingerprint density at radius 2 is 1.53 bits per heavy atom. The first-order valence-corrected chi connectivity index (χ1v) is 20.5. The van der Waals surface area contributed by atoms with Crippen molar-refractivity contribution in [3.63, 3.8) is 0 Å². The molecule has 0 aromatic heterocycles. The summed E-state index contributed by atoms with van der Waals surface area (Å²) < 4.78 is 35.5. The molecular formula is C39H43Cl2N3O5S2. The van der Waals surface area contributed by atoms with Gasteiger partial charge in [-0.05, 0) is 92.2 Å². The number of sulfonamides is 1. The number of nitrogens with one attached hydrogen (secondary N) is 1. The highest BCUT2D eigenvalue weighted by Crippen LogP contribution is 2.31. The third-order valence-corrected chi connectivity index (χ3v) is 12.2. The summed E-state index contributed by atoms with van der Waals surface area (Å²) in [5.74, 6) is -0.346. The Hall–Kier alpha value is -3.70. The zero-order valence-corrected chi connectivity index (χ0v) is 31.9. The second-order valence-corrected chi connectivity index (χ2v) is 15.9. The predicted molar refractivity (Wildman–Crippen MR) is 206 cm³/mol. The maximum atomic E-state index is 14.9. The molecule has 0 heterocycles. The number of ether oxygens (including phenoxy) is 1. The zero-order chi connectivity index (χ0) is 36.4. The van der Waals surface area contributed by atoms with Crippen LogP contribution in [0.3, 0.4) is 0 Å². The molecule has 0 saturated heterocycles. The zero-order valence-electron chi connectivity index (χ0n) is 28.8. The summed E-state index contributed by atoms with van der Waals surface area (Å²) in [6.45, 7) is 1.59. The highest BCUT2D eigenvalue weighted by molar-refractivity contribution is 7.98. The lowest BCUT2D eigenvalue weighted by Gasteiger charge is -2.35. The molecule has 0 aliphatic heterocycles. The number of nitrogens with zero attached hydrogens (tertiary/aromatic N) is 2. The van der Waals surface area contributed by atoms with Gasteiger partial charge in [-0.2, -0.15) is 0 Å². The van der Waals surface area contributed by atoms with Crippen LogP contribution in [0.4, 0.5) is 5.69 Å². The molecule has 1 atom stereocenters. The van der Waals surface area contributed by atoms with Crippen molar-refractivity contribution in [3.8, 4) is 5.75 Å². The van der Waals surface area contributed by atoms with Gasteiger partial charge in [0.1, 0.15) is 18.3 Å². The molecule has 2 amide bonds. The van der Waals surface area contributed by atoms with Gasteiger partial charge < -0.3 is 15.0 Å². The van der Waals surface area contributed by atoms with Crippen molar-refractivity contribution in [1.29, 1.82) is 0 Å². The van der Waals surface area contributed by atoms with Crippen LogP contribution in [-0.4, -0.2) is 56.6 Å². The molecule has 270 valence electrons. The van der Waals surface area contributed by atoms with E-state index in [9.17, 15) is 18.0 Å². The Labute approximate surface area is 315 Å².